The summed E-state index contributed by atoms with van der Waals surface area (Å²) in [7, 11) is 0. The van der Waals surface area contributed by atoms with Crippen molar-refractivity contribution in [2.45, 2.75) is 58.6 Å². The van der Waals surface area contributed by atoms with Crippen LogP contribution in [0.25, 0.3) is 0 Å². The van der Waals surface area contributed by atoms with E-state index in [1.54, 1.807) is 6.20 Å². The molecular weight excluding hydrogens is 478 g/mol. The van der Waals surface area contributed by atoms with Crippen LogP contribution in [0.1, 0.15) is 52.6 Å². The van der Waals surface area contributed by atoms with Gasteiger partial charge in [-0.1, -0.05) is 18.2 Å². The monoisotopic (exact) mass is 507 g/mol. The summed E-state index contributed by atoms with van der Waals surface area (Å²) in [5.74, 6) is 0.630. The minimum absolute atomic E-state index is 0.155. The molecule has 0 fully saturated rings. The van der Waals surface area contributed by atoms with Crippen LogP contribution in [0.2, 0.25) is 0 Å². The number of alkyl carbamates (subject to hydrolysis) is 1. The molecule has 1 aromatic carbocycles. The molecule has 4 rings (SSSR count). The molecule has 2 heterocycles. The van der Waals surface area contributed by atoms with Crippen LogP contribution in [0.5, 0.6) is 5.75 Å². The molecule has 3 aromatic rings. The van der Waals surface area contributed by atoms with Gasteiger partial charge in [-0.2, -0.15) is 10.4 Å². The second-order valence-corrected chi connectivity index (χ2v) is 9.66. The quantitative estimate of drug-likeness (QED) is 0.394. The van der Waals surface area contributed by atoms with E-state index in [4.69, 9.17) is 9.47 Å². The maximum absolute atomic E-state index is 12.7. The molecular formula is C26H29N5O4S. The summed E-state index contributed by atoms with van der Waals surface area (Å²) in [4.78, 5) is 25.9. The first-order valence-corrected chi connectivity index (χ1v) is 12.8. The van der Waals surface area contributed by atoms with Crippen molar-refractivity contribution < 1.29 is 19.1 Å². The van der Waals surface area contributed by atoms with Crippen LogP contribution < -0.4 is 15.4 Å². The highest BCUT2D eigenvalue weighted by molar-refractivity contribution is 7.16. The predicted octanol–water partition coefficient (Wildman–Crippen LogP) is 4.41. The van der Waals surface area contributed by atoms with Gasteiger partial charge in [0.1, 0.15) is 22.9 Å². The lowest BCUT2D eigenvalue weighted by atomic mass is 9.94. The molecule has 3 N–H and O–H groups in total. The molecule has 1 unspecified atom stereocenters. The Hall–Kier alpha value is -3.84. The number of benzene rings is 1. The molecule has 9 nitrogen and oxygen atoms in total. The number of anilines is 1. The van der Waals surface area contributed by atoms with Crippen LogP contribution in [0.15, 0.2) is 30.5 Å². The van der Waals surface area contributed by atoms with Crippen molar-refractivity contribution in [1.29, 1.82) is 5.26 Å². The number of nitrogens with zero attached hydrogens (tertiary/aromatic N) is 2. The molecule has 1 atom stereocenters. The summed E-state index contributed by atoms with van der Waals surface area (Å²) in [5, 5.41) is 22.8. The largest absolute Gasteiger partial charge is 0.494 e. The lowest BCUT2D eigenvalue weighted by molar-refractivity contribution is -0.116. The lowest BCUT2D eigenvalue weighted by Gasteiger charge is -2.22. The van der Waals surface area contributed by atoms with E-state index in [-0.39, 0.29) is 18.4 Å². The number of amides is 2. The van der Waals surface area contributed by atoms with Crippen LogP contribution >= 0.6 is 11.3 Å². The van der Waals surface area contributed by atoms with Gasteiger partial charge in [-0.25, -0.2) is 4.79 Å². The third-order valence-corrected chi connectivity index (χ3v) is 7.28. The number of carbonyl (C=O) groups excluding carboxylic acids is 2. The van der Waals surface area contributed by atoms with Gasteiger partial charge in [-0.15, -0.1) is 11.3 Å². The number of rotatable bonds is 9. The van der Waals surface area contributed by atoms with Gasteiger partial charge in [0.25, 0.3) is 0 Å². The van der Waals surface area contributed by atoms with Crippen LogP contribution in [0.4, 0.5) is 9.80 Å². The molecule has 0 saturated heterocycles. The Balaban J connectivity index is 1.33. The fourth-order valence-electron chi connectivity index (χ4n) is 4.22. The zero-order valence-corrected chi connectivity index (χ0v) is 21.2. The maximum Gasteiger partial charge on any atom is 0.407 e. The third-order valence-electron chi connectivity index (χ3n) is 6.11. The number of aromatic nitrogens is 2. The number of aromatic amines is 1. The number of hydrogen-bond donors (Lipinski definition) is 3. The average Bonchev–Trinajstić information content (AvgIpc) is 3.43. The van der Waals surface area contributed by atoms with Crippen LogP contribution in [0, 0.1) is 18.3 Å². The van der Waals surface area contributed by atoms with Crippen LogP contribution in [0.3, 0.4) is 0 Å². The highest BCUT2D eigenvalue weighted by Crippen LogP contribution is 2.38. The van der Waals surface area contributed by atoms with E-state index in [1.807, 2.05) is 38.1 Å². The van der Waals surface area contributed by atoms with Gasteiger partial charge >= 0.3 is 6.09 Å². The van der Waals surface area contributed by atoms with E-state index in [0.29, 0.717) is 49.4 Å². The van der Waals surface area contributed by atoms with Crippen molar-refractivity contribution in [3.63, 3.8) is 0 Å². The van der Waals surface area contributed by atoms with Crippen molar-refractivity contribution in [3.05, 3.63) is 63.3 Å². The summed E-state index contributed by atoms with van der Waals surface area (Å²) in [6.45, 7) is 4.71. The first kappa shape index (κ1) is 25.3. The highest BCUT2D eigenvalue weighted by Gasteiger charge is 2.28. The van der Waals surface area contributed by atoms with Gasteiger partial charge in [0, 0.05) is 35.5 Å². The van der Waals surface area contributed by atoms with Crippen LogP contribution in [-0.2, 0) is 35.3 Å². The molecule has 10 heteroatoms. The number of fused-ring (bicyclic) bond motifs is 1. The van der Waals surface area contributed by atoms with E-state index in [1.165, 1.54) is 11.3 Å². The number of para-hydroxylation sites is 1. The first-order chi connectivity index (χ1) is 17.5. The van der Waals surface area contributed by atoms with Gasteiger partial charge in [0.2, 0.25) is 5.91 Å². The van der Waals surface area contributed by atoms with Gasteiger partial charge in [0.15, 0.2) is 0 Å². The normalized spacial score (nSPS) is 14.4. The first-order valence-electron chi connectivity index (χ1n) is 12.0. The van der Waals surface area contributed by atoms with Gasteiger partial charge < -0.3 is 20.1 Å². The summed E-state index contributed by atoms with van der Waals surface area (Å²) < 4.78 is 11.3. The van der Waals surface area contributed by atoms with Crippen LogP contribution in [-0.4, -0.2) is 34.9 Å². The van der Waals surface area contributed by atoms with E-state index < -0.39 is 6.09 Å². The van der Waals surface area contributed by atoms with Crippen molar-refractivity contribution in [2.75, 3.05) is 11.9 Å². The molecule has 2 aromatic heterocycles. The molecule has 36 heavy (non-hydrogen) atoms. The van der Waals surface area contributed by atoms with Gasteiger partial charge in [0.05, 0.1) is 18.4 Å². The molecule has 1 aliphatic rings. The van der Waals surface area contributed by atoms with Crippen molar-refractivity contribution in [1.82, 2.24) is 15.5 Å². The van der Waals surface area contributed by atoms with E-state index in [9.17, 15) is 14.9 Å². The minimum atomic E-state index is -0.484. The van der Waals surface area contributed by atoms with E-state index in [0.717, 1.165) is 33.0 Å². The second kappa shape index (κ2) is 11.7. The second-order valence-electron chi connectivity index (χ2n) is 8.55. The summed E-state index contributed by atoms with van der Waals surface area (Å²) in [6, 6.07) is 9.94. The summed E-state index contributed by atoms with van der Waals surface area (Å²) >= 11 is 1.39. The smallest absolute Gasteiger partial charge is 0.407 e. The highest BCUT2D eigenvalue weighted by atomic mass is 32.1. The van der Waals surface area contributed by atoms with Crippen molar-refractivity contribution in [3.8, 4) is 11.8 Å². The number of hydrogen-bond acceptors (Lipinski definition) is 7. The number of carbonyl (C=O) groups is 2. The number of thiophene rings is 1. The Morgan fingerprint density at radius 1 is 1.31 bits per heavy atom. The molecule has 0 spiro atoms. The Morgan fingerprint density at radius 2 is 2.14 bits per heavy atom. The molecule has 1 aliphatic carbocycles. The average molecular weight is 508 g/mol. The minimum Gasteiger partial charge on any atom is -0.494 e. The van der Waals surface area contributed by atoms with Crippen molar-refractivity contribution in [2.24, 2.45) is 0 Å². The fraction of sp³-hybridized carbons (Fsp3) is 0.385. The number of H-pyrrole nitrogens is 1. The Labute approximate surface area is 213 Å². The number of nitriles is 1. The molecule has 0 saturated carbocycles. The van der Waals surface area contributed by atoms with Crippen molar-refractivity contribution >= 4 is 28.3 Å². The molecule has 0 radical (unpaired) electrons. The maximum atomic E-state index is 12.7. The number of ether oxygens (including phenoxy) is 2. The zero-order chi connectivity index (χ0) is 25.5. The molecule has 0 bridgehead atoms. The summed E-state index contributed by atoms with van der Waals surface area (Å²) in [5.41, 5.74) is 4.22. The SMILES string of the molecule is CCOc1ccccc1CCC(=O)Nc1sc2c(c1C#N)CCC(OC(=O)NCc1cn[nH]c1C)C2. The van der Waals surface area contributed by atoms with E-state index in [2.05, 4.69) is 26.9 Å². The van der Waals surface area contributed by atoms with Gasteiger partial charge in [-0.3, -0.25) is 9.89 Å². The Kier molecular flexibility index (Phi) is 8.23. The lowest BCUT2D eigenvalue weighted by Crippen LogP contribution is -2.31. The molecule has 2 amide bonds. The fourth-order valence-corrected chi connectivity index (χ4v) is 5.50. The number of aryl methyl sites for hydroxylation is 2. The standard InChI is InChI=1S/C26H29N5O4S/c1-3-34-22-7-5-4-6-17(22)8-11-24(32)30-25-21(13-27)20-10-9-19(12-23(20)36-25)35-26(33)28-14-18-15-29-31-16(18)2/h4-7,15,19H,3,8-12,14H2,1-2H3,(H,28,33)(H,29,31)(H,30,32). The molecule has 0 aliphatic heterocycles. The summed E-state index contributed by atoms with van der Waals surface area (Å²) in [6.07, 6.45) is 3.48. The Morgan fingerprint density at radius 3 is 2.89 bits per heavy atom. The zero-order valence-electron chi connectivity index (χ0n) is 20.3. The predicted molar refractivity (Wildman–Crippen MR) is 136 cm³/mol. The van der Waals surface area contributed by atoms with Gasteiger partial charge in [-0.05, 0) is 50.3 Å². The number of nitrogens with one attached hydrogen (secondary N) is 3. The van der Waals surface area contributed by atoms with E-state index >= 15 is 0 Å². The third kappa shape index (κ3) is 6.04. The molecule has 188 valence electrons. The Bertz CT molecular complexity index is 1280. The topological polar surface area (TPSA) is 129 Å².